The lowest BCUT2D eigenvalue weighted by Gasteiger charge is -2.44. The fraction of sp³-hybridized carbons (Fsp3) is 0.100. The van der Waals surface area contributed by atoms with E-state index >= 15 is 0 Å². The van der Waals surface area contributed by atoms with Crippen LogP contribution in [-0.4, -0.2) is 0 Å². The molecule has 2 nitrogen and oxygen atoms in total. The molecule has 0 unspecified atom stereocenters. The van der Waals surface area contributed by atoms with Gasteiger partial charge in [0.1, 0.15) is 0 Å². The van der Waals surface area contributed by atoms with Gasteiger partial charge in [0.25, 0.3) is 0 Å². The van der Waals surface area contributed by atoms with E-state index in [-0.39, 0.29) is 10.8 Å². The summed E-state index contributed by atoms with van der Waals surface area (Å²) in [5.74, 6) is 0. The number of fused-ring (bicyclic) bond motifs is 8. The second-order valence-electron chi connectivity index (χ2n) is 18.2. The maximum Gasteiger partial charge on any atom is 0.0781 e. The summed E-state index contributed by atoms with van der Waals surface area (Å²) in [4.78, 5) is 5.11. The summed E-state index contributed by atoms with van der Waals surface area (Å²) in [7, 11) is 0. The maximum atomic E-state index is 2.57. The number of hydrogen-bond donors (Lipinski definition) is 0. The van der Waals surface area contributed by atoms with E-state index in [0.717, 1.165) is 22.7 Å². The van der Waals surface area contributed by atoms with Gasteiger partial charge in [-0.15, -0.1) is 0 Å². The minimum atomic E-state index is -0.268. The molecule has 62 heavy (non-hydrogen) atoms. The van der Waals surface area contributed by atoms with Gasteiger partial charge in [0, 0.05) is 27.3 Å². The monoisotopic (exact) mass is 794 g/mol. The Morgan fingerprint density at radius 1 is 0.355 bits per heavy atom. The lowest BCUT2D eigenvalue weighted by Crippen LogP contribution is -2.31. The number of para-hydroxylation sites is 1. The predicted molar refractivity (Wildman–Crippen MR) is 263 cm³/mol. The molecule has 12 rings (SSSR count). The van der Waals surface area contributed by atoms with Crippen molar-refractivity contribution in [3.05, 3.63) is 229 Å². The van der Waals surface area contributed by atoms with Crippen LogP contribution in [0.4, 0.5) is 34.1 Å². The van der Waals surface area contributed by atoms with E-state index in [0.29, 0.717) is 0 Å². The van der Waals surface area contributed by atoms with Gasteiger partial charge in [-0.2, -0.15) is 0 Å². The zero-order chi connectivity index (χ0) is 41.7. The highest BCUT2D eigenvalue weighted by atomic mass is 15.2. The molecular formula is C60H46N2. The Kier molecular flexibility index (Phi) is 7.96. The van der Waals surface area contributed by atoms with Gasteiger partial charge in [-0.1, -0.05) is 185 Å². The van der Waals surface area contributed by atoms with Crippen molar-refractivity contribution in [2.45, 2.75) is 38.5 Å². The van der Waals surface area contributed by atoms with E-state index in [2.05, 4.69) is 244 Å². The Balaban J connectivity index is 1.15. The highest BCUT2D eigenvalue weighted by Crippen LogP contribution is 2.58. The van der Waals surface area contributed by atoms with Gasteiger partial charge in [-0.05, 0) is 115 Å². The quantitative estimate of drug-likeness (QED) is 0.171. The molecular weight excluding hydrogens is 749 g/mol. The summed E-state index contributed by atoms with van der Waals surface area (Å²) in [6.07, 6.45) is 0. The number of rotatable bonds is 5. The van der Waals surface area contributed by atoms with Crippen LogP contribution in [0.1, 0.15) is 49.9 Å². The Hall–Kier alpha value is -7.42. The van der Waals surface area contributed by atoms with Crippen LogP contribution in [0.15, 0.2) is 206 Å². The molecule has 0 spiro atoms. The van der Waals surface area contributed by atoms with E-state index < -0.39 is 0 Å². The van der Waals surface area contributed by atoms with Crippen LogP contribution in [0, 0.1) is 0 Å². The van der Waals surface area contributed by atoms with Crippen molar-refractivity contribution < 1.29 is 0 Å². The average Bonchev–Trinajstić information content (AvgIpc) is 3.54. The molecule has 0 radical (unpaired) electrons. The second kappa shape index (κ2) is 13.5. The van der Waals surface area contributed by atoms with Crippen LogP contribution >= 0.6 is 0 Å². The maximum absolute atomic E-state index is 2.57. The first-order chi connectivity index (χ1) is 30.3. The first kappa shape index (κ1) is 36.4. The van der Waals surface area contributed by atoms with Crippen molar-refractivity contribution in [2.75, 3.05) is 9.80 Å². The fourth-order valence-corrected chi connectivity index (χ4v) is 10.8. The average molecular weight is 795 g/mol. The van der Waals surface area contributed by atoms with Gasteiger partial charge in [0.05, 0.1) is 28.4 Å². The first-order valence-electron chi connectivity index (χ1n) is 21.8. The molecule has 1 aliphatic heterocycles. The molecule has 0 atom stereocenters. The van der Waals surface area contributed by atoms with Crippen molar-refractivity contribution in [1.82, 2.24) is 0 Å². The van der Waals surface area contributed by atoms with Crippen LogP contribution < -0.4 is 9.80 Å². The van der Waals surface area contributed by atoms with Gasteiger partial charge in [0.2, 0.25) is 0 Å². The molecule has 1 heterocycles. The zero-order valence-corrected chi connectivity index (χ0v) is 35.5. The number of nitrogens with zero attached hydrogens (tertiary/aromatic N) is 2. The number of anilines is 6. The minimum absolute atomic E-state index is 0.155. The Labute approximate surface area is 364 Å². The van der Waals surface area contributed by atoms with Crippen molar-refractivity contribution in [1.29, 1.82) is 0 Å². The molecule has 296 valence electrons. The van der Waals surface area contributed by atoms with Crippen LogP contribution in [0.5, 0.6) is 0 Å². The summed E-state index contributed by atoms with van der Waals surface area (Å²) < 4.78 is 0. The molecule has 0 bridgehead atoms. The molecule has 1 aliphatic carbocycles. The Morgan fingerprint density at radius 3 is 1.77 bits per heavy atom. The summed E-state index contributed by atoms with van der Waals surface area (Å²) in [6.45, 7) is 9.53. The largest absolute Gasteiger partial charge is 0.308 e. The summed E-state index contributed by atoms with van der Waals surface area (Å²) in [5.41, 5.74) is 16.9. The third kappa shape index (κ3) is 5.36. The molecule has 0 N–H and O–H groups in total. The van der Waals surface area contributed by atoms with Gasteiger partial charge >= 0.3 is 0 Å². The molecule has 0 fully saturated rings. The van der Waals surface area contributed by atoms with Crippen molar-refractivity contribution in [2.24, 2.45) is 0 Å². The lowest BCUT2D eigenvalue weighted by atomic mass is 9.72. The van der Waals surface area contributed by atoms with E-state index in [4.69, 9.17) is 0 Å². The summed E-state index contributed by atoms with van der Waals surface area (Å²) in [5, 5.41) is 7.32. The standard InChI is InChI=1S/C60H46N2/c1-59(2)50-24-12-11-23-48(50)49-33-32-45(38-52(49)59)61(54-27-15-20-40-17-7-9-21-46(40)54)57-35-30-41-18-8-10-22-47(41)58(57)62-55-26-14-13-25-51(55)60(3,4)53-37-44(31-34-56(53)62)43-29-28-39-16-5-6-19-42(39)36-43/h5-38H,1-4H3. The predicted octanol–water partition coefficient (Wildman–Crippen LogP) is 16.7. The first-order valence-corrected chi connectivity index (χ1v) is 21.8. The molecule has 0 saturated heterocycles. The van der Waals surface area contributed by atoms with Crippen molar-refractivity contribution >= 4 is 66.4 Å². The van der Waals surface area contributed by atoms with Gasteiger partial charge in [-0.25, -0.2) is 0 Å². The van der Waals surface area contributed by atoms with Gasteiger partial charge < -0.3 is 9.80 Å². The van der Waals surface area contributed by atoms with E-state index in [1.807, 2.05) is 0 Å². The summed E-state index contributed by atoms with van der Waals surface area (Å²) in [6, 6.07) is 76.9. The Bertz CT molecular complexity index is 3440. The van der Waals surface area contributed by atoms with E-state index in [1.165, 1.54) is 88.2 Å². The third-order valence-corrected chi connectivity index (χ3v) is 14.0. The smallest absolute Gasteiger partial charge is 0.0781 e. The molecule has 10 aromatic carbocycles. The third-order valence-electron chi connectivity index (χ3n) is 14.0. The Morgan fingerprint density at radius 2 is 0.935 bits per heavy atom. The highest BCUT2D eigenvalue weighted by Gasteiger charge is 2.40. The molecule has 0 aromatic heterocycles. The normalized spacial score (nSPS) is 14.4. The van der Waals surface area contributed by atoms with E-state index in [9.17, 15) is 0 Å². The molecule has 2 aliphatic rings. The zero-order valence-electron chi connectivity index (χ0n) is 35.5. The van der Waals surface area contributed by atoms with E-state index in [1.54, 1.807) is 0 Å². The van der Waals surface area contributed by atoms with Crippen LogP contribution in [0.2, 0.25) is 0 Å². The second-order valence-corrected chi connectivity index (χ2v) is 18.2. The fourth-order valence-electron chi connectivity index (χ4n) is 10.8. The van der Waals surface area contributed by atoms with Crippen molar-refractivity contribution in [3.8, 4) is 22.3 Å². The van der Waals surface area contributed by atoms with Crippen LogP contribution in [0.25, 0.3) is 54.6 Å². The van der Waals surface area contributed by atoms with Gasteiger partial charge in [-0.3, -0.25) is 0 Å². The van der Waals surface area contributed by atoms with Crippen LogP contribution in [-0.2, 0) is 10.8 Å². The van der Waals surface area contributed by atoms with Crippen LogP contribution in [0.3, 0.4) is 0 Å². The lowest BCUT2D eigenvalue weighted by molar-refractivity contribution is 0.632. The highest BCUT2D eigenvalue weighted by molar-refractivity contribution is 6.11. The molecule has 2 heteroatoms. The summed E-state index contributed by atoms with van der Waals surface area (Å²) >= 11 is 0. The molecule has 0 saturated carbocycles. The number of benzene rings is 10. The van der Waals surface area contributed by atoms with Gasteiger partial charge in [0.15, 0.2) is 0 Å². The van der Waals surface area contributed by atoms with Crippen molar-refractivity contribution in [3.63, 3.8) is 0 Å². The number of hydrogen-bond acceptors (Lipinski definition) is 2. The molecule has 10 aromatic rings. The minimum Gasteiger partial charge on any atom is -0.308 e. The topological polar surface area (TPSA) is 6.48 Å². The molecule has 0 amide bonds. The SMILES string of the molecule is CC1(C)c2ccccc2-c2ccc(N(c3ccc4ccccc4c3N3c4ccccc4C(C)(C)c4cc(-c5ccc6ccccc6c5)ccc43)c3cccc4ccccc34)cc21.